The number of nitrogens with zero attached hydrogens (tertiary/aromatic N) is 3. The van der Waals surface area contributed by atoms with Crippen molar-refractivity contribution in [2.75, 3.05) is 0 Å². The topological polar surface area (TPSA) is 47.8 Å². The minimum absolute atomic E-state index is 0.00741. The standard InChI is InChI=1S/C17H17N3OS/c1-10-4-3-7-18-13(10)15(12-5-6-12)20-9-19-14-11(2)8-22-16(14)17(20)21/h3-4,7-9,12,15H,5-6H2,1-2H3/t15-/m0/s1. The Hall–Kier alpha value is -2.01. The third kappa shape index (κ3) is 2.08. The minimum atomic E-state index is 0.00741. The maximum atomic E-state index is 12.9. The highest BCUT2D eigenvalue weighted by Crippen LogP contribution is 2.43. The molecule has 1 aliphatic rings. The van der Waals surface area contributed by atoms with Gasteiger partial charge in [-0.1, -0.05) is 6.07 Å². The molecule has 1 atom stereocenters. The molecule has 0 amide bonds. The molecule has 0 aromatic carbocycles. The Morgan fingerprint density at radius 1 is 1.27 bits per heavy atom. The highest BCUT2D eigenvalue weighted by molar-refractivity contribution is 7.17. The summed E-state index contributed by atoms with van der Waals surface area (Å²) in [6.45, 7) is 4.06. The summed E-state index contributed by atoms with van der Waals surface area (Å²) in [7, 11) is 0. The van der Waals surface area contributed by atoms with E-state index in [0.717, 1.165) is 39.9 Å². The third-order valence-corrected chi connectivity index (χ3v) is 5.46. The SMILES string of the molecule is Cc1cccnc1[C@H](C1CC1)n1cnc2c(C)csc2c1=O. The van der Waals surface area contributed by atoms with E-state index >= 15 is 0 Å². The smallest absolute Gasteiger partial charge is 0.271 e. The minimum Gasteiger partial charge on any atom is -0.289 e. The molecule has 0 aliphatic heterocycles. The lowest BCUT2D eigenvalue weighted by Gasteiger charge is -2.20. The number of thiophene rings is 1. The molecule has 112 valence electrons. The average molecular weight is 311 g/mol. The summed E-state index contributed by atoms with van der Waals surface area (Å²) in [6.07, 6.45) is 5.81. The number of fused-ring (bicyclic) bond motifs is 1. The van der Waals surface area contributed by atoms with Gasteiger partial charge in [-0.3, -0.25) is 14.3 Å². The fourth-order valence-electron chi connectivity index (χ4n) is 3.04. The second-order valence-electron chi connectivity index (χ2n) is 6.04. The Bertz CT molecular complexity index is 908. The van der Waals surface area contributed by atoms with E-state index in [2.05, 4.69) is 23.0 Å². The largest absolute Gasteiger partial charge is 0.289 e. The molecule has 0 bridgehead atoms. The molecule has 0 spiro atoms. The summed E-state index contributed by atoms with van der Waals surface area (Å²) < 4.78 is 2.55. The summed E-state index contributed by atoms with van der Waals surface area (Å²) in [4.78, 5) is 22.0. The maximum Gasteiger partial charge on any atom is 0.271 e. The Morgan fingerprint density at radius 3 is 2.82 bits per heavy atom. The van der Waals surface area contributed by atoms with Crippen molar-refractivity contribution < 1.29 is 0 Å². The lowest BCUT2D eigenvalue weighted by molar-refractivity contribution is 0.487. The molecule has 3 heterocycles. The fraction of sp³-hybridized carbons (Fsp3) is 0.353. The maximum absolute atomic E-state index is 12.9. The second kappa shape index (κ2) is 5.02. The molecular weight excluding hydrogens is 294 g/mol. The first-order valence-electron chi connectivity index (χ1n) is 7.53. The van der Waals surface area contributed by atoms with Gasteiger partial charge in [0.2, 0.25) is 0 Å². The van der Waals surface area contributed by atoms with E-state index in [4.69, 9.17) is 0 Å². The zero-order valence-corrected chi connectivity index (χ0v) is 13.4. The van der Waals surface area contributed by atoms with Crippen LogP contribution in [-0.4, -0.2) is 14.5 Å². The van der Waals surface area contributed by atoms with E-state index in [1.807, 2.05) is 24.6 Å². The molecule has 1 saturated carbocycles. The van der Waals surface area contributed by atoms with Crippen molar-refractivity contribution in [2.45, 2.75) is 32.7 Å². The zero-order chi connectivity index (χ0) is 15.3. The van der Waals surface area contributed by atoms with Crippen LogP contribution in [0.25, 0.3) is 10.2 Å². The number of rotatable bonds is 3. The molecule has 22 heavy (non-hydrogen) atoms. The number of pyridine rings is 1. The van der Waals surface area contributed by atoms with Crippen molar-refractivity contribution in [1.29, 1.82) is 0 Å². The predicted molar refractivity (Wildman–Crippen MR) is 88.5 cm³/mol. The van der Waals surface area contributed by atoms with Crippen LogP contribution < -0.4 is 5.56 Å². The molecule has 0 N–H and O–H groups in total. The van der Waals surface area contributed by atoms with Gasteiger partial charge in [0, 0.05) is 6.20 Å². The van der Waals surface area contributed by atoms with Crippen LogP contribution in [-0.2, 0) is 0 Å². The van der Waals surface area contributed by atoms with Gasteiger partial charge in [-0.15, -0.1) is 11.3 Å². The highest BCUT2D eigenvalue weighted by Gasteiger charge is 2.36. The zero-order valence-electron chi connectivity index (χ0n) is 12.6. The van der Waals surface area contributed by atoms with E-state index in [0.29, 0.717) is 5.92 Å². The van der Waals surface area contributed by atoms with Crippen molar-refractivity contribution >= 4 is 21.6 Å². The number of hydrogen-bond donors (Lipinski definition) is 0. The van der Waals surface area contributed by atoms with Crippen molar-refractivity contribution in [1.82, 2.24) is 14.5 Å². The van der Waals surface area contributed by atoms with Gasteiger partial charge in [-0.05, 0) is 55.2 Å². The van der Waals surface area contributed by atoms with E-state index in [1.165, 1.54) is 11.3 Å². The van der Waals surface area contributed by atoms with E-state index in [9.17, 15) is 4.79 Å². The van der Waals surface area contributed by atoms with Crippen LogP contribution in [0.1, 0.15) is 35.7 Å². The monoisotopic (exact) mass is 311 g/mol. The van der Waals surface area contributed by atoms with Gasteiger partial charge in [0.25, 0.3) is 5.56 Å². The Labute approximate surface area is 132 Å². The van der Waals surface area contributed by atoms with Crippen LogP contribution in [0.15, 0.2) is 34.8 Å². The van der Waals surface area contributed by atoms with Crippen LogP contribution in [0, 0.1) is 19.8 Å². The lowest BCUT2D eigenvalue weighted by Crippen LogP contribution is -2.27. The number of hydrogen-bond acceptors (Lipinski definition) is 4. The van der Waals surface area contributed by atoms with Crippen LogP contribution in [0.2, 0.25) is 0 Å². The Morgan fingerprint density at radius 2 is 2.09 bits per heavy atom. The molecule has 3 aromatic heterocycles. The van der Waals surface area contributed by atoms with Gasteiger partial charge in [-0.2, -0.15) is 0 Å². The first-order valence-corrected chi connectivity index (χ1v) is 8.41. The van der Waals surface area contributed by atoms with Gasteiger partial charge < -0.3 is 0 Å². The first kappa shape index (κ1) is 13.6. The molecule has 0 radical (unpaired) electrons. The number of aromatic nitrogens is 3. The van der Waals surface area contributed by atoms with Crippen molar-refractivity contribution in [3.8, 4) is 0 Å². The molecule has 1 aliphatic carbocycles. The molecule has 0 unspecified atom stereocenters. The van der Waals surface area contributed by atoms with Crippen LogP contribution in [0.5, 0.6) is 0 Å². The third-order valence-electron chi connectivity index (χ3n) is 4.38. The second-order valence-corrected chi connectivity index (χ2v) is 6.92. The molecule has 5 heteroatoms. The van der Waals surface area contributed by atoms with E-state index in [1.54, 1.807) is 10.9 Å². The summed E-state index contributed by atoms with van der Waals surface area (Å²) in [5.41, 5.74) is 4.10. The predicted octanol–water partition coefficient (Wildman–Crippen LogP) is 3.47. The van der Waals surface area contributed by atoms with E-state index in [-0.39, 0.29) is 11.6 Å². The molecule has 1 fully saturated rings. The van der Waals surface area contributed by atoms with Gasteiger partial charge in [0.05, 0.1) is 23.6 Å². The van der Waals surface area contributed by atoms with Crippen molar-refractivity contribution in [3.05, 3.63) is 57.2 Å². The normalized spacial score (nSPS) is 16.1. The Kier molecular flexibility index (Phi) is 3.11. The molecule has 3 aromatic rings. The molecule has 4 nitrogen and oxygen atoms in total. The van der Waals surface area contributed by atoms with Gasteiger partial charge >= 0.3 is 0 Å². The summed E-state index contributed by atoms with van der Waals surface area (Å²) in [5.74, 6) is 0.492. The summed E-state index contributed by atoms with van der Waals surface area (Å²) >= 11 is 1.49. The van der Waals surface area contributed by atoms with Gasteiger partial charge in [0.15, 0.2) is 0 Å². The van der Waals surface area contributed by atoms with Crippen LogP contribution in [0.4, 0.5) is 0 Å². The summed E-state index contributed by atoms with van der Waals surface area (Å²) in [5, 5.41) is 2.00. The molecule has 0 saturated heterocycles. The van der Waals surface area contributed by atoms with E-state index < -0.39 is 0 Å². The average Bonchev–Trinajstić information content (AvgIpc) is 3.27. The van der Waals surface area contributed by atoms with Crippen LogP contribution in [0.3, 0.4) is 0 Å². The van der Waals surface area contributed by atoms with Crippen LogP contribution >= 0.6 is 11.3 Å². The highest BCUT2D eigenvalue weighted by atomic mass is 32.1. The van der Waals surface area contributed by atoms with Gasteiger partial charge in [-0.25, -0.2) is 4.98 Å². The van der Waals surface area contributed by atoms with Gasteiger partial charge in [0.1, 0.15) is 4.70 Å². The fourth-order valence-corrected chi connectivity index (χ4v) is 3.98. The molecular formula is C17H17N3OS. The first-order chi connectivity index (χ1) is 10.7. The van der Waals surface area contributed by atoms with Crippen molar-refractivity contribution in [2.24, 2.45) is 5.92 Å². The summed E-state index contributed by atoms with van der Waals surface area (Å²) in [6, 6.07) is 4.01. The Balaban J connectivity index is 1.93. The quantitative estimate of drug-likeness (QED) is 0.744. The lowest BCUT2D eigenvalue weighted by atomic mass is 10.0. The number of aryl methyl sites for hydroxylation is 2. The molecule has 4 rings (SSSR count). The van der Waals surface area contributed by atoms with Crippen molar-refractivity contribution in [3.63, 3.8) is 0 Å².